The second-order valence-electron chi connectivity index (χ2n) is 9.32. The van der Waals surface area contributed by atoms with E-state index in [1.807, 2.05) is 14.1 Å². The van der Waals surface area contributed by atoms with Gasteiger partial charge in [-0.05, 0) is 50.4 Å². The van der Waals surface area contributed by atoms with E-state index in [4.69, 9.17) is 0 Å². The van der Waals surface area contributed by atoms with Crippen molar-refractivity contribution < 1.29 is 9.59 Å². The van der Waals surface area contributed by atoms with Crippen LogP contribution in [0.2, 0.25) is 0 Å². The van der Waals surface area contributed by atoms with E-state index < -0.39 is 0 Å². The predicted octanol–water partition coefficient (Wildman–Crippen LogP) is 2.06. The topological polar surface area (TPSA) is 77.0 Å². The lowest BCUT2D eigenvalue weighted by Crippen LogP contribution is -2.51. The van der Waals surface area contributed by atoms with Crippen LogP contribution in [0.5, 0.6) is 0 Å². The quantitative estimate of drug-likeness (QED) is 0.331. The Hall–Kier alpha value is -1.06. The van der Waals surface area contributed by atoms with Crippen molar-refractivity contribution in [2.75, 3.05) is 34.7 Å². The maximum absolute atomic E-state index is 12.4. The monoisotopic (exact) mass is 519 g/mol. The highest BCUT2D eigenvalue weighted by Gasteiger charge is 2.40. The van der Waals surface area contributed by atoms with Gasteiger partial charge in [-0.2, -0.15) is 0 Å². The highest BCUT2D eigenvalue weighted by Crippen LogP contribution is 2.44. The fourth-order valence-corrected chi connectivity index (χ4v) is 5.12. The molecule has 0 aromatic heterocycles. The van der Waals surface area contributed by atoms with E-state index in [1.165, 1.54) is 25.7 Å². The number of halogens is 1. The second-order valence-corrected chi connectivity index (χ2v) is 9.32. The van der Waals surface area contributed by atoms with Crippen molar-refractivity contribution in [3.8, 4) is 0 Å². The first-order chi connectivity index (χ1) is 13.3. The minimum atomic E-state index is -0.00153. The molecule has 166 valence electrons. The van der Waals surface area contributed by atoms with Gasteiger partial charge in [0.05, 0.1) is 0 Å². The van der Waals surface area contributed by atoms with Crippen LogP contribution in [-0.4, -0.2) is 74.4 Å². The molecule has 0 radical (unpaired) electrons. The zero-order valence-corrected chi connectivity index (χ0v) is 20.6. The molecule has 0 spiro atoms. The van der Waals surface area contributed by atoms with Crippen molar-refractivity contribution in [1.82, 2.24) is 20.4 Å². The first-order valence-electron chi connectivity index (χ1n) is 10.8. The molecule has 5 atom stereocenters. The highest BCUT2D eigenvalue weighted by molar-refractivity contribution is 14.0. The first-order valence-corrected chi connectivity index (χ1v) is 10.8. The zero-order valence-electron chi connectivity index (χ0n) is 18.3. The van der Waals surface area contributed by atoms with E-state index in [2.05, 4.69) is 15.6 Å². The van der Waals surface area contributed by atoms with Gasteiger partial charge in [0.2, 0.25) is 11.8 Å². The summed E-state index contributed by atoms with van der Waals surface area (Å²) >= 11 is 0. The molecule has 0 aliphatic heterocycles. The molecular weight excluding hydrogens is 481 g/mol. The Morgan fingerprint density at radius 1 is 0.931 bits per heavy atom. The van der Waals surface area contributed by atoms with Crippen molar-refractivity contribution in [2.24, 2.45) is 22.7 Å². The van der Waals surface area contributed by atoms with Gasteiger partial charge in [-0.25, -0.2) is 4.99 Å². The standard InChI is InChI=1S/C21H37N5O2.HI/c1-25(2)19(27)13-22-21(24-18-11-14-8-9-15(18)10-14)23-17-7-5-6-16(12-17)20(28)26(3)4;/h14-18H,5-13H2,1-4H3,(H2,22,23,24);1H. The van der Waals surface area contributed by atoms with E-state index in [0.29, 0.717) is 6.04 Å². The normalized spacial score (nSPS) is 31.0. The third kappa shape index (κ3) is 6.46. The van der Waals surface area contributed by atoms with Crippen LogP contribution in [0.4, 0.5) is 0 Å². The second kappa shape index (κ2) is 10.8. The summed E-state index contributed by atoms with van der Waals surface area (Å²) in [5, 5.41) is 7.19. The molecule has 3 rings (SSSR count). The number of aliphatic imine (C=N–C) groups is 1. The molecule has 3 saturated carbocycles. The van der Waals surface area contributed by atoms with Crippen molar-refractivity contribution >= 4 is 41.8 Å². The Bertz CT molecular complexity index is 610. The van der Waals surface area contributed by atoms with Crippen LogP contribution in [0.3, 0.4) is 0 Å². The molecule has 3 aliphatic rings. The largest absolute Gasteiger partial charge is 0.354 e. The summed E-state index contributed by atoms with van der Waals surface area (Å²) in [5.41, 5.74) is 0. The number of hydrogen-bond acceptors (Lipinski definition) is 3. The molecule has 2 N–H and O–H groups in total. The third-order valence-corrected chi connectivity index (χ3v) is 6.74. The molecule has 3 aliphatic carbocycles. The number of guanidine groups is 1. The minimum Gasteiger partial charge on any atom is -0.354 e. The number of carbonyl (C=O) groups is 2. The maximum Gasteiger partial charge on any atom is 0.243 e. The van der Waals surface area contributed by atoms with Gasteiger partial charge in [0.25, 0.3) is 0 Å². The van der Waals surface area contributed by atoms with Gasteiger partial charge in [-0.3, -0.25) is 9.59 Å². The summed E-state index contributed by atoms with van der Waals surface area (Å²) in [5.74, 6) is 2.62. The van der Waals surface area contributed by atoms with E-state index in [-0.39, 0.29) is 54.3 Å². The summed E-state index contributed by atoms with van der Waals surface area (Å²) in [7, 11) is 7.17. The van der Waals surface area contributed by atoms with Gasteiger partial charge in [-0.15, -0.1) is 24.0 Å². The molecule has 0 aromatic rings. The lowest BCUT2D eigenvalue weighted by atomic mass is 9.85. The van der Waals surface area contributed by atoms with Gasteiger partial charge in [0, 0.05) is 46.2 Å². The predicted molar refractivity (Wildman–Crippen MR) is 126 cm³/mol. The number of fused-ring (bicyclic) bond motifs is 2. The number of rotatable bonds is 5. The third-order valence-electron chi connectivity index (χ3n) is 6.74. The van der Waals surface area contributed by atoms with E-state index in [9.17, 15) is 9.59 Å². The molecule has 29 heavy (non-hydrogen) atoms. The van der Waals surface area contributed by atoms with Crippen LogP contribution >= 0.6 is 24.0 Å². The van der Waals surface area contributed by atoms with Gasteiger partial charge in [-0.1, -0.05) is 12.8 Å². The number of hydrogen-bond donors (Lipinski definition) is 2. The number of nitrogens with zero attached hydrogens (tertiary/aromatic N) is 3. The molecule has 5 unspecified atom stereocenters. The van der Waals surface area contributed by atoms with E-state index in [0.717, 1.165) is 43.5 Å². The highest BCUT2D eigenvalue weighted by atomic mass is 127. The van der Waals surface area contributed by atoms with Crippen molar-refractivity contribution in [2.45, 2.75) is 63.5 Å². The van der Waals surface area contributed by atoms with E-state index >= 15 is 0 Å². The smallest absolute Gasteiger partial charge is 0.243 e. The molecule has 3 fully saturated rings. The summed E-state index contributed by atoms with van der Waals surface area (Å²) < 4.78 is 0. The van der Waals surface area contributed by atoms with Crippen molar-refractivity contribution in [3.63, 3.8) is 0 Å². The lowest BCUT2D eigenvalue weighted by molar-refractivity contribution is -0.134. The van der Waals surface area contributed by atoms with Crippen molar-refractivity contribution in [1.29, 1.82) is 0 Å². The van der Waals surface area contributed by atoms with Crippen LogP contribution in [-0.2, 0) is 9.59 Å². The van der Waals surface area contributed by atoms with Crippen molar-refractivity contribution in [3.05, 3.63) is 0 Å². The fraction of sp³-hybridized carbons (Fsp3) is 0.857. The fourth-order valence-electron chi connectivity index (χ4n) is 5.12. The average molecular weight is 519 g/mol. The Balaban J connectivity index is 0.00000300. The Labute approximate surface area is 192 Å². The van der Waals surface area contributed by atoms with E-state index in [1.54, 1.807) is 23.9 Å². The van der Waals surface area contributed by atoms with Gasteiger partial charge >= 0.3 is 0 Å². The molecule has 0 saturated heterocycles. The van der Waals surface area contributed by atoms with Crippen LogP contribution < -0.4 is 10.6 Å². The number of nitrogens with one attached hydrogen (secondary N) is 2. The summed E-state index contributed by atoms with van der Waals surface area (Å²) in [6, 6.07) is 0.684. The Morgan fingerprint density at radius 3 is 2.28 bits per heavy atom. The van der Waals surface area contributed by atoms with Gasteiger partial charge in [0.1, 0.15) is 6.54 Å². The number of likely N-dealkylation sites (N-methyl/N-ethyl adjacent to an activating group) is 1. The maximum atomic E-state index is 12.4. The molecule has 2 amide bonds. The SMILES string of the molecule is CN(C)C(=O)CN=C(NC1CCCC(C(=O)N(C)C)C1)NC1CC2CCC1C2.I. The van der Waals surface area contributed by atoms with Crippen LogP contribution in [0.25, 0.3) is 0 Å². The summed E-state index contributed by atoms with van der Waals surface area (Å²) in [6.45, 7) is 0.149. The van der Waals surface area contributed by atoms with Gasteiger partial charge in [0.15, 0.2) is 5.96 Å². The Kier molecular flexibility index (Phi) is 9.03. The molecule has 7 nitrogen and oxygen atoms in total. The molecule has 0 heterocycles. The van der Waals surface area contributed by atoms with Crippen LogP contribution in [0.15, 0.2) is 4.99 Å². The molecule has 2 bridgehead atoms. The first kappa shape index (κ1) is 24.2. The van der Waals surface area contributed by atoms with Crippen LogP contribution in [0, 0.1) is 17.8 Å². The average Bonchev–Trinajstić information content (AvgIpc) is 3.28. The number of carbonyl (C=O) groups excluding carboxylic acids is 2. The summed E-state index contributed by atoms with van der Waals surface area (Å²) in [4.78, 5) is 32.3. The Morgan fingerprint density at radius 2 is 1.69 bits per heavy atom. The van der Waals surface area contributed by atoms with Crippen LogP contribution in [0.1, 0.15) is 51.4 Å². The lowest BCUT2D eigenvalue weighted by Gasteiger charge is -2.33. The molecule has 0 aromatic carbocycles. The zero-order chi connectivity index (χ0) is 20.3. The molecule has 8 heteroatoms. The summed E-state index contributed by atoms with van der Waals surface area (Å²) in [6.07, 6.45) is 9.06. The van der Waals surface area contributed by atoms with Gasteiger partial charge < -0.3 is 20.4 Å². The minimum absolute atomic E-state index is 0. The molecular formula is C21H38IN5O2. The number of amides is 2.